The molecule has 0 aromatic heterocycles. The van der Waals surface area contributed by atoms with Crippen LogP contribution >= 0.6 is 0 Å². The van der Waals surface area contributed by atoms with E-state index < -0.39 is 14.9 Å². The zero-order valence-corrected chi connectivity index (χ0v) is 12.4. The van der Waals surface area contributed by atoms with Crippen molar-refractivity contribution < 1.29 is 13.3 Å². The van der Waals surface area contributed by atoms with Gasteiger partial charge in [-0.05, 0) is 25.8 Å². The summed E-state index contributed by atoms with van der Waals surface area (Å²) >= 11 is 0. The van der Waals surface area contributed by atoms with Gasteiger partial charge in [0.1, 0.15) is 5.69 Å². The second kappa shape index (κ2) is 7.20. The number of hydrogen-bond donors (Lipinski definition) is 2. The smallest absolute Gasteiger partial charge is 0.292 e. The molecule has 1 rings (SSSR count). The van der Waals surface area contributed by atoms with E-state index in [4.69, 9.17) is 0 Å². The second-order valence-electron chi connectivity index (χ2n) is 4.30. The maximum atomic E-state index is 11.2. The third-order valence-corrected chi connectivity index (χ3v) is 4.21. The molecule has 0 aliphatic heterocycles. The van der Waals surface area contributed by atoms with Gasteiger partial charge in [-0.3, -0.25) is 10.1 Å². The highest BCUT2D eigenvalue weighted by Gasteiger charge is 2.14. The number of hydrogen-bond acceptors (Lipinski definition) is 5. The third kappa shape index (κ3) is 4.78. The Hall–Kier alpha value is -1.67. The minimum absolute atomic E-state index is 0.0270. The van der Waals surface area contributed by atoms with Crippen LogP contribution in [0.3, 0.4) is 0 Å². The molecule has 0 aliphatic carbocycles. The van der Waals surface area contributed by atoms with Gasteiger partial charge in [0.15, 0.2) is 0 Å². The van der Waals surface area contributed by atoms with E-state index in [-0.39, 0.29) is 11.4 Å². The van der Waals surface area contributed by atoms with Crippen LogP contribution in [0, 0.1) is 17.0 Å². The largest absolute Gasteiger partial charge is 0.379 e. The fourth-order valence-electron chi connectivity index (χ4n) is 1.67. The topological polar surface area (TPSA) is 101 Å². The lowest BCUT2D eigenvalue weighted by atomic mass is 10.1. The minimum Gasteiger partial charge on any atom is -0.379 e. The van der Waals surface area contributed by atoms with Crippen LogP contribution in [0.15, 0.2) is 18.2 Å². The summed E-state index contributed by atoms with van der Waals surface area (Å²) in [6.45, 7) is 4.12. The molecule has 2 N–H and O–H groups in total. The molecule has 0 spiro atoms. The van der Waals surface area contributed by atoms with Gasteiger partial charge < -0.3 is 5.32 Å². The SMILES string of the molecule is CCS(=O)(=O)NCCCNc1c(C)cccc1[N+](=O)[O-]. The summed E-state index contributed by atoms with van der Waals surface area (Å²) in [5.74, 6) is 0.0453. The van der Waals surface area contributed by atoms with Gasteiger partial charge in [0.25, 0.3) is 5.69 Å². The van der Waals surface area contributed by atoms with Crippen LogP contribution in [0.1, 0.15) is 18.9 Å². The van der Waals surface area contributed by atoms with Gasteiger partial charge in [-0.25, -0.2) is 13.1 Å². The van der Waals surface area contributed by atoms with Crippen LogP contribution in [0.5, 0.6) is 0 Å². The van der Waals surface area contributed by atoms with Crippen molar-refractivity contribution in [3.05, 3.63) is 33.9 Å². The Morgan fingerprint density at radius 2 is 2.00 bits per heavy atom. The van der Waals surface area contributed by atoms with Crippen molar-refractivity contribution in [3.8, 4) is 0 Å². The first-order valence-corrected chi connectivity index (χ1v) is 7.98. The number of benzene rings is 1. The van der Waals surface area contributed by atoms with Crippen molar-refractivity contribution in [1.82, 2.24) is 4.72 Å². The Bertz CT molecular complexity index is 572. The Morgan fingerprint density at radius 1 is 1.30 bits per heavy atom. The Kier molecular flexibility index (Phi) is 5.90. The molecule has 7 nitrogen and oxygen atoms in total. The molecule has 0 aliphatic rings. The van der Waals surface area contributed by atoms with Crippen LogP contribution in [-0.2, 0) is 10.0 Å². The van der Waals surface area contributed by atoms with E-state index in [2.05, 4.69) is 10.0 Å². The van der Waals surface area contributed by atoms with Crippen molar-refractivity contribution in [2.24, 2.45) is 0 Å². The van der Waals surface area contributed by atoms with E-state index >= 15 is 0 Å². The molecule has 0 unspecified atom stereocenters. The van der Waals surface area contributed by atoms with E-state index in [1.54, 1.807) is 26.0 Å². The molecule has 0 saturated carbocycles. The molecule has 0 amide bonds. The quantitative estimate of drug-likeness (QED) is 0.432. The standard InChI is InChI=1S/C12H19N3O4S/c1-3-20(18,19)14-9-5-8-13-12-10(2)6-4-7-11(12)15(16)17/h4,6-7,13-14H,3,5,8-9H2,1-2H3. The zero-order valence-electron chi connectivity index (χ0n) is 11.5. The number of nitrogens with one attached hydrogen (secondary N) is 2. The van der Waals surface area contributed by atoms with Crippen LogP contribution in [0.25, 0.3) is 0 Å². The highest BCUT2D eigenvalue weighted by atomic mass is 32.2. The van der Waals surface area contributed by atoms with Gasteiger partial charge in [0.2, 0.25) is 10.0 Å². The van der Waals surface area contributed by atoms with Crippen molar-refractivity contribution in [2.75, 3.05) is 24.2 Å². The molecule has 1 aromatic rings. The minimum atomic E-state index is -3.18. The number of para-hydroxylation sites is 1. The van der Waals surface area contributed by atoms with Gasteiger partial charge in [0.05, 0.1) is 10.7 Å². The number of sulfonamides is 1. The lowest BCUT2D eigenvalue weighted by molar-refractivity contribution is -0.384. The molecule has 20 heavy (non-hydrogen) atoms. The van der Waals surface area contributed by atoms with Gasteiger partial charge in [-0.2, -0.15) is 0 Å². The average molecular weight is 301 g/mol. The van der Waals surface area contributed by atoms with Crippen molar-refractivity contribution in [2.45, 2.75) is 20.3 Å². The first kappa shape index (κ1) is 16.4. The second-order valence-corrected chi connectivity index (χ2v) is 6.40. The number of aryl methyl sites for hydroxylation is 1. The van der Waals surface area contributed by atoms with Crippen LogP contribution in [-0.4, -0.2) is 32.2 Å². The molecule has 0 heterocycles. The summed E-state index contributed by atoms with van der Waals surface area (Å²) in [7, 11) is -3.18. The highest BCUT2D eigenvalue weighted by molar-refractivity contribution is 7.89. The summed E-state index contributed by atoms with van der Waals surface area (Å²) in [6, 6.07) is 4.86. The first-order chi connectivity index (χ1) is 9.37. The van der Waals surface area contributed by atoms with Gasteiger partial charge in [-0.15, -0.1) is 0 Å². The van der Waals surface area contributed by atoms with Gasteiger partial charge in [0, 0.05) is 19.2 Å². The van der Waals surface area contributed by atoms with Crippen molar-refractivity contribution in [3.63, 3.8) is 0 Å². The summed E-state index contributed by atoms with van der Waals surface area (Å²) in [5, 5.41) is 13.9. The fraction of sp³-hybridized carbons (Fsp3) is 0.500. The number of rotatable bonds is 8. The number of anilines is 1. The van der Waals surface area contributed by atoms with Gasteiger partial charge in [-0.1, -0.05) is 12.1 Å². The normalized spacial score (nSPS) is 11.3. The summed E-state index contributed by atoms with van der Waals surface area (Å²) in [4.78, 5) is 10.5. The first-order valence-electron chi connectivity index (χ1n) is 6.32. The summed E-state index contributed by atoms with van der Waals surface area (Å²) in [6.07, 6.45) is 0.546. The summed E-state index contributed by atoms with van der Waals surface area (Å²) in [5.41, 5.74) is 1.29. The van der Waals surface area contributed by atoms with Crippen LogP contribution in [0.4, 0.5) is 11.4 Å². The van der Waals surface area contributed by atoms with Crippen molar-refractivity contribution >= 4 is 21.4 Å². The lowest BCUT2D eigenvalue weighted by Crippen LogP contribution is -2.27. The molecule has 0 fully saturated rings. The third-order valence-electron chi connectivity index (χ3n) is 2.80. The predicted molar refractivity (Wildman–Crippen MR) is 78.4 cm³/mol. The predicted octanol–water partition coefficient (Wildman–Crippen LogP) is 1.64. The molecule has 1 aromatic carbocycles. The molecule has 0 bridgehead atoms. The van der Waals surface area contributed by atoms with Crippen LogP contribution < -0.4 is 10.0 Å². The highest BCUT2D eigenvalue weighted by Crippen LogP contribution is 2.27. The monoisotopic (exact) mass is 301 g/mol. The van der Waals surface area contributed by atoms with Crippen molar-refractivity contribution in [1.29, 1.82) is 0 Å². The number of nitrogens with zero attached hydrogens (tertiary/aromatic N) is 1. The molecule has 0 atom stereocenters. The molecule has 8 heteroatoms. The van der Waals surface area contributed by atoms with Gasteiger partial charge >= 0.3 is 0 Å². The van der Waals surface area contributed by atoms with Crippen LogP contribution in [0.2, 0.25) is 0 Å². The van der Waals surface area contributed by atoms with E-state index in [0.29, 0.717) is 25.2 Å². The maximum absolute atomic E-state index is 11.2. The Labute approximate surface area is 118 Å². The molecular weight excluding hydrogens is 282 g/mol. The molecular formula is C12H19N3O4S. The Morgan fingerprint density at radius 3 is 2.60 bits per heavy atom. The molecule has 112 valence electrons. The number of nitro benzene ring substituents is 1. The maximum Gasteiger partial charge on any atom is 0.292 e. The fourth-order valence-corrected chi connectivity index (χ4v) is 2.33. The molecule has 0 radical (unpaired) electrons. The van der Waals surface area contributed by atoms with E-state index in [9.17, 15) is 18.5 Å². The summed E-state index contributed by atoms with van der Waals surface area (Å²) < 4.78 is 24.9. The number of nitro groups is 1. The lowest BCUT2D eigenvalue weighted by Gasteiger charge is -2.10. The zero-order chi connectivity index (χ0) is 15.2. The average Bonchev–Trinajstić information content (AvgIpc) is 2.39. The van der Waals surface area contributed by atoms with E-state index in [0.717, 1.165) is 5.56 Å². The van der Waals surface area contributed by atoms with E-state index in [1.165, 1.54) is 6.07 Å². The van der Waals surface area contributed by atoms with E-state index in [1.807, 2.05) is 0 Å². The molecule has 0 saturated heterocycles. The Balaban J connectivity index is 2.53.